The average molecular weight is 315 g/mol. The van der Waals surface area contributed by atoms with Crippen molar-refractivity contribution in [2.75, 3.05) is 13.7 Å². The molecule has 2 aromatic rings. The van der Waals surface area contributed by atoms with Gasteiger partial charge in [0.05, 0.1) is 19.0 Å². The number of hydrogen-bond donors (Lipinski definition) is 0. The molecule has 0 unspecified atom stereocenters. The van der Waals surface area contributed by atoms with Gasteiger partial charge in [-0.1, -0.05) is 0 Å². The van der Waals surface area contributed by atoms with Crippen molar-refractivity contribution < 1.29 is 14.3 Å². The van der Waals surface area contributed by atoms with E-state index in [-0.39, 0.29) is 18.5 Å². The first-order valence-electron chi connectivity index (χ1n) is 7.42. The quantitative estimate of drug-likeness (QED) is 0.794. The molecule has 0 aliphatic rings. The van der Waals surface area contributed by atoms with Crippen LogP contribution in [0.5, 0.6) is 0 Å². The maximum atomic E-state index is 12.6. The third kappa shape index (κ3) is 3.97. The SMILES string of the molecule is COC(=O)CN(C(=O)c1ccc(-n2cc(C)cn2)cc1)C(C)C. The Balaban J connectivity index is 2.19. The van der Waals surface area contributed by atoms with E-state index >= 15 is 0 Å². The molecule has 1 heterocycles. The summed E-state index contributed by atoms with van der Waals surface area (Å²) in [5.74, 6) is -0.635. The number of benzene rings is 1. The lowest BCUT2D eigenvalue weighted by molar-refractivity contribution is -0.141. The van der Waals surface area contributed by atoms with Crippen LogP contribution in [0.15, 0.2) is 36.7 Å². The van der Waals surface area contributed by atoms with E-state index in [1.165, 1.54) is 12.0 Å². The molecular formula is C17H21N3O3. The maximum Gasteiger partial charge on any atom is 0.325 e. The van der Waals surface area contributed by atoms with Crippen LogP contribution in [-0.2, 0) is 9.53 Å². The number of rotatable bonds is 5. The summed E-state index contributed by atoms with van der Waals surface area (Å²) >= 11 is 0. The van der Waals surface area contributed by atoms with Gasteiger partial charge in [0.1, 0.15) is 6.54 Å². The van der Waals surface area contributed by atoms with Gasteiger partial charge in [0.25, 0.3) is 5.91 Å². The van der Waals surface area contributed by atoms with Crippen molar-refractivity contribution in [1.82, 2.24) is 14.7 Å². The van der Waals surface area contributed by atoms with Crippen molar-refractivity contribution in [2.24, 2.45) is 0 Å². The van der Waals surface area contributed by atoms with Crippen LogP contribution >= 0.6 is 0 Å². The van der Waals surface area contributed by atoms with Crippen LogP contribution in [0.4, 0.5) is 0 Å². The van der Waals surface area contributed by atoms with E-state index in [0.717, 1.165) is 11.3 Å². The molecule has 1 amide bonds. The monoisotopic (exact) mass is 315 g/mol. The van der Waals surface area contributed by atoms with Gasteiger partial charge < -0.3 is 9.64 Å². The van der Waals surface area contributed by atoms with Crippen LogP contribution in [0, 0.1) is 6.92 Å². The number of esters is 1. The highest BCUT2D eigenvalue weighted by atomic mass is 16.5. The number of amides is 1. The molecule has 0 atom stereocenters. The Morgan fingerprint density at radius 1 is 1.26 bits per heavy atom. The Labute approximate surface area is 135 Å². The Kier molecular flexibility index (Phi) is 5.16. The molecule has 1 aromatic heterocycles. The Hall–Kier alpha value is -2.63. The lowest BCUT2D eigenvalue weighted by atomic mass is 10.1. The summed E-state index contributed by atoms with van der Waals surface area (Å²) in [5, 5.41) is 4.23. The highest BCUT2D eigenvalue weighted by Gasteiger charge is 2.21. The highest BCUT2D eigenvalue weighted by molar-refractivity contribution is 5.96. The van der Waals surface area contributed by atoms with Crippen LogP contribution in [0.2, 0.25) is 0 Å². The van der Waals surface area contributed by atoms with E-state index in [4.69, 9.17) is 0 Å². The number of hydrogen-bond acceptors (Lipinski definition) is 4. The molecule has 0 saturated heterocycles. The number of methoxy groups -OCH3 is 1. The molecule has 1 aromatic carbocycles. The zero-order valence-corrected chi connectivity index (χ0v) is 13.8. The number of ether oxygens (including phenoxy) is 1. The minimum atomic E-state index is -0.435. The van der Waals surface area contributed by atoms with Gasteiger partial charge in [-0.05, 0) is 50.6 Å². The van der Waals surface area contributed by atoms with Crippen molar-refractivity contribution in [3.63, 3.8) is 0 Å². The first-order valence-corrected chi connectivity index (χ1v) is 7.42. The summed E-state index contributed by atoms with van der Waals surface area (Å²) in [6.45, 7) is 5.63. The van der Waals surface area contributed by atoms with Crippen molar-refractivity contribution in [2.45, 2.75) is 26.8 Å². The minimum absolute atomic E-state index is 0.0624. The minimum Gasteiger partial charge on any atom is -0.468 e. The number of nitrogens with zero attached hydrogens (tertiary/aromatic N) is 3. The Morgan fingerprint density at radius 3 is 2.39 bits per heavy atom. The van der Waals surface area contributed by atoms with Gasteiger partial charge in [-0.2, -0.15) is 5.10 Å². The first kappa shape index (κ1) is 16.7. The van der Waals surface area contributed by atoms with E-state index in [1.807, 2.05) is 39.1 Å². The van der Waals surface area contributed by atoms with Crippen molar-refractivity contribution in [3.05, 3.63) is 47.8 Å². The molecule has 0 spiro atoms. The smallest absolute Gasteiger partial charge is 0.325 e. The predicted octanol–water partition coefficient (Wildman–Crippen LogP) is 2.20. The van der Waals surface area contributed by atoms with Crippen molar-refractivity contribution in [1.29, 1.82) is 0 Å². The van der Waals surface area contributed by atoms with E-state index < -0.39 is 5.97 Å². The van der Waals surface area contributed by atoms with E-state index in [9.17, 15) is 9.59 Å². The number of aromatic nitrogens is 2. The third-order valence-electron chi connectivity index (χ3n) is 3.50. The Bertz CT molecular complexity index is 689. The van der Waals surface area contributed by atoms with Gasteiger partial charge in [0.15, 0.2) is 0 Å². The highest BCUT2D eigenvalue weighted by Crippen LogP contribution is 2.13. The van der Waals surface area contributed by atoms with E-state index in [0.29, 0.717) is 5.56 Å². The van der Waals surface area contributed by atoms with Gasteiger partial charge in [0, 0.05) is 17.8 Å². The number of aryl methyl sites for hydroxylation is 1. The molecular weight excluding hydrogens is 294 g/mol. The van der Waals surface area contributed by atoms with Gasteiger partial charge >= 0.3 is 5.97 Å². The molecule has 0 aliphatic heterocycles. The molecule has 6 nitrogen and oxygen atoms in total. The fourth-order valence-electron chi connectivity index (χ4n) is 2.17. The van der Waals surface area contributed by atoms with Crippen LogP contribution in [0.25, 0.3) is 5.69 Å². The van der Waals surface area contributed by atoms with Gasteiger partial charge in [-0.3, -0.25) is 9.59 Å². The van der Waals surface area contributed by atoms with Crippen LogP contribution in [-0.4, -0.2) is 46.3 Å². The molecule has 2 rings (SSSR count). The predicted molar refractivity (Wildman–Crippen MR) is 86.5 cm³/mol. The maximum absolute atomic E-state index is 12.6. The zero-order valence-electron chi connectivity index (χ0n) is 13.8. The normalized spacial score (nSPS) is 10.7. The molecule has 0 N–H and O–H groups in total. The molecule has 0 bridgehead atoms. The summed E-state index contributed by atoms with van der Waals surface area (Å²) in [5.41, 5.74) is 2.46. The fourth-order valence-corrected chi connectivity index (χ4v) is 2.17. The second-order valence-corrected chi connectivity index (χ2v) is 5.61. The molecule has 23 heavy (non-hydrogen) atoms. The largest absolute Gasteiger partial charge is 0.468 e. The lowest BCUT2D eigenvalue weighted by Gasteiger charge is -2.25. The third-order valence-corrected chi connectivity index (χ3v) is 3.50. The first-order chi connectivity index (χ1) is 10.9. The standard InChI is InChI=1S/C17H21N3O3/c1-12(2)19(11-16(21)23-4)17(22)14-5-7-15(8-6-14)20-10-13(3)9-18-20/h5-10,12H,11H2,1-4H3. The molecule has 122 valence electrons. The van der Waals surface area contributed by atoms with Crippen molar-refractivity contribution in [3.8, 4) is 5.69 Å². The molecule has 0 aliphatic carbocycles. The molecule has 0 fully saturated rings. The van der Waals surface area contributed by atoms with Gasteiger partial charge in [0.2, 0.25) is 0 Å². The van der Waals surface area contributed by atoms with E-state index in [2.05, 4.69) is 9.84 Å². The zero-order chi connectivity index (χ0) is 17.0. The number of carbonyl (C=O) groups is 2. The summed E-state index contributed by atoms with van der Waals surface area (Å²) in [4.78, 5) is 25.5. The van der Waals surface area contributed by atoms with Crippen LogP contribution in [0.1, 0.15) is 29.8 Å². The van der Waals surface area contributed by atoms with Gasteiger partial charge in [-0.15, -0.1) is 0 Å². The van der Waals surface area contributed by atoms with Crippen LogP contribution < -0.4 is 0 Å². The average Bonchev–Trinajstić information content (AvgIpc) is 2.98. The lowest BCUT2D eigenvalue weighted by Crippen LogP contribution is -2.41. The summed E-state index contributed by atoms with van der Waals surface area (Å²) in [6.07, 6.45) is 3.68. The molecule has 0 radical (unpaired) electrons. The molecule has 0 saturated carbocycles. The summed E-state index contributed by atoms with van der Waals surface area (Å²) in [6, 6.07) is 7.03. The number of carbonyl (C=O) groups excluding carboxylic acids is 2. The summed E-state index contributed by atoms with van der Waals surface area (Å²) < 4.78 is 6.40. The topological polar surface area (TPSA) is 64.4 Å². The second-order valence-electron chi connectivity index (χ2n) is 5.61. The van der Waals surface area contributed by atoms with Crippen LogP contribution in [0.3, 0.4) is 0 Å². The van der Waals surface area contributed by atoms with Crippen molar-refractivity contribution >= 4 is 11.9 Å². The summed E-state index contributed by atoms with van der Waals surface area (Å²) in [7, 11) is 1.31. The fraction of sp³-hybridized carbons (Fsp3) is 0.353. The second kappa shape index (κ2) is 7.09. The molecule has 6 heteroatoms. The van der Waals surface area contributed by atoms with Gasteiger partial charge in [-0.25, -0.2) is 4.68 Å². The van der Waals surface area contributed by atoms with E-state index in [1.54, 1.807) is 23.0 Å². The Morgan fingerprint density at radius 2 is 1.91 bits per heavy atom.